The summed E-state index contributed by atoms with van der Waals surface area (Å²) >= 11 is 7.68. The van der Waals surface area contributed by atoms with E-state index in [1.54, 1.807) is 29.5 Å². The van der Waals surface area contributed by atoms with E-state index in [2.05, 4.69) is 29.6 Å². The van der Waals surface area contributed by atoms with Crippen LogP contribution in [0.3, 0.4) is 0 Å². The lowest BCUT2D eigenvalue weighted by Crippen LogP contribution is -2.01. The summed E-state index contributed by atoms with van der Waals surface area (Å²) in [4.78, 5) is 6.07. The van der Waals surface area contributed by atoms with Crippen LogP contribution in [0.1, 0.15) is 16.0 Å². The normalized spacial score (nSPS) is 12.6. The van der Waals surface area contributed by atoms with Gasteiger partial charge in [0, 0.05) is 27.6 Å². The molecular formula is C18H15ClN2OS. The Morgan fingerprint density at radius 3 is 2.96 bits per heavy atom. The maximum Gasteiger partial charge on any atom is 0.183 e. The molecule has 2 N–H and O–H groups in total. The number of phenolic OH excluding ortho intramolecular Hbond substituents is 1. The Bertz CT molecular complexity index is 875. The van der Waals surface area contributed by atoms with E-state index in [4.69, 9.17) is 16.6 Å². The second-order valence-electron chi connectivity index (χ2n) is 5.57. The Kier molecular flexibility index (Phi) is 3.71. The number of fused-ring (bicyclic) bond motifs is 3. The van der Waals surface area contributed by atoms with Crippen molar-refractivity contribution in [1.82, 2.24) is 4.98 Å². The number of phenols is 1. The number of aromatic hydroxyl groups is 1. The third-order valence-electron chi connectivity index (χ3n) is 4.06. The molecular weight excluding hydrogens is 328 g/mol. The molecule has 23 heavy (non-hydrogen) atoms. The zero-order valence-electron chi connectivity index (χ0n) is 12.3. The molecule has 1 aromatic heterocycles. The number of rotatable bonds is 3. The van der Waals surface area contributed by atoms with Crippen LogP contribution in [0.25, 0.3) is 11.3 Å². The van der Waals surface area contributed by atoms with Crippen molar-refractivity contribution in [3.63, 3.8) is 0 Å². The minimum Gasteiger partial charge on any atom is -0.508 e. The highest BCUT2D eigenvalue weighted by atomic mass is 35.5. The minimum absolute atomic E-state index is 0.244. The molecule has 0 bridgehead atoms. The van der Waals surface area contributed by atoms with Crippen LogP contribution >= 0.6 is 22.9 Å². The van der Waals surface area contributed by atoms with Crippen molar-refractivity contribution in [3.05, 3.63) is 63.5 Å². The maximum atomic E-state index is 9.89. The third kappa shape index (κ3) is 2.80. The minimum atomic E-state index is 0.244. The predicted octanol–water partition coefficient (Wildman–Crippen LogP) is 4.88. The largest absolute Gasteiger partial charge is 0.508 e. The van der Waals surface area contributed by atoms with Crippen LogP contribution in [0.5, 0.6) is 5.75 Å². The van der Waals surface area contributed by atoms with E-state index in [1.807, 2.05) is 0 Å². The summed E-state index contributed by atoms with van der Waals surface area (Å²) < 4.78 is 0. The van der Waals surface area contributed by atoms with Crippen molar-refractivity contribution >= 4 is 28.1 Å². The van der Waals surface area contributed by atoms with Gasteiger partial charge in [0.05, 0.1) is 5.69 Å². The average molecular weight is 343 g/mol. The van der Waals surface area contributed by atoms with Crippen LogP contribution in [-0.2, 0) is 19.4 Å². The Labute approximate surface area is 143 Å². The highest BCUT2D eigenvalue weighted by Crippen LogP contribution is 2.38. The van der Waals surface area contributed by atoms with Gasteiger partial charge < -0.3 is 10.4 Å². The Hall–Kier alpha value is -2.04. The Balaban J connectivity index is 1.58. The molecule has 0 aliphatic heterocycles. The van der Waals surface area contributed by atoms with Gasteiger partial charge in [-0.2, -0.15) is 0 Å². The molecule has 5 heteroatoms. The number of hydrogen-bond acceptors (Lipinski definition) is 4. The molecule has 0 amide bonds. The van der Waals surface area contributed by atoms with Crippen molar-refractivity contribution in [2.24, 2.45) is 0 Å². The van der Waals surface area contributed by atoms with Crippen LogP contribution in [0.4, 0.5) is 5.13 Å². The fraction of sp³-hybridized carbons (Fsp3) is 0.167. The summed E-state index contributed by atoms with van der Waals surface area (Å²) in [5.41, 5.74) is 4.47. The monoisotopic (exact) mass is 342 g/mol. The van der Waals surface area contributed by atoms with Crippen molar-refractivity contribution in [3.8, 4) is 17.0 Å². The second kappa shape index (κ2) is 5.87. The molecule has 2 aromatic carbocycles. The fourth-order valence-corrected chi connectivity index (χ4v) is 4.06. The van der Waals surface area contributed by atoms with Crippen LogP contribution < -0.4 is 5.32 Å². The summed E-state index contributed by atoms with van der Waals surface area (Å²) in [5, 5.41) is 14.7. The zero-order valence-corrected chi connectivity index (χ0v) is 13.9. The Morgan fingerprint density at radius 2 is 2.04 bits per heavy atom. The molecule has 0 unspecified atom stereocenters. The molecule has 0 saturated carbocycles. The van der Waals surface area contributed by atoms with Crippen LogP contribution in [0.15, 0.2) is 42.5 Å². The van der Waals surface area contributed by atoms with Gasteiger partial charge in [-0.3, -0.25) is 0 Å². The molecule has 0 fully saturated rings. The molecule has 0 radical (unpaired) electrons. The first-order chi connectivity index (χ1) is 11.2. The van der Waals surface area contributed by atoms with E-state index >= 15 is 0 Å². The topological polar surface area (TPSA) is 45.1 Å². The van der Waals surface area contributed by atoms with Crippen LogP contribution in [-0.4, -0.2) is 10.1 Å². The predicted molar refractivity (Wildman–Crippen MR) is 95.4 cm³/mol. The summed E-state index contributed by atoms with van der Waals surface area (Å²) in [6, 6.07) is 13.5. The molecule has 3 nitrogen and oxygen atoms in total. The molecule has 0 spiro atoms. The SMILES string of the molecule is Oc1ccc(Cl)cc1CNc1nc2c(s1)CCc1ccccc1-2. The van der Waals surface area contributed by atoms with Gasteiger partial charge in [0.25, 0.3) is 0 Å². The maximum absolute atomic E-state index is 9.89. The Morgan fingerprint density at radius 1 is 1.17 bits per heavy atom. The van der Waals surface area contributed by atoms with Crippen molar-refractivity contribution < 1.29 is 5.11 Å². The van der Waals surface area contributed by atoms with E-state index in [0.29, 0.717) is 11.6 Å². The van der Waals surface area contributed by atoms with E-state index in [1.165, 1.54) is 16.0 Å². The number of thiazole rings is 1. The summed E-state index contributed by atoms with van der Waals surface area (Å²) in [7, 11) is 0. The molecule has 116 valence electrons. The number of halogens is 1. The zero-order chi connectivity index (χ0) is 15.8. The number of nitrogens with zero attached hydrogens (tertiary/aromatic N) is 1. The van der Waals surface area contributed by atoms with Crippen molar-refractivity contribution in [1.29, 1.82) is 0 Å². The van der Waals surface area contributed by atoms with Gasteiger partial charge >= 0.3 is 0 Å². The average Bonchev–Trinajstić information content (AvgIpc) is 2.99. The second-order valence-corrected chi connectivity index (χ2v) is 7.09. The first-order valence-electron chi connectivity index (χ1n) is 7.50. The van der Waals surface area contributed by atoms with Crippen molar-refractivity contribution in [2.75, 3.05) is 5.32 Å². The lowest BCUT2D eigenvalue weighted by Gasteiger charge is -2.13. The van der Waals surface area contributed by atoms with E-state index in [-0.39, 0.29) is 5.75 Å². The van der Waals surface area contributed by atoms with E-state index in [0.717, 1.165) is 29.2 Å². The number of aryl methyl sites for hydroxylation is 2. The van der Waals surface area contributed by atoms with Gasteiger partial charge in [0.1, 0.15) is 5.75 Å². The number of hydrogen-bond donors (Lipinski definition) is 2. The van der Waals surface area contributed by atoms with E-state index in [9.17, 15) is 5.11 Å². The highest BCUT2D eigenvalue weighted by Gasteiger charge is 2.20. The number of nitrogens with one attached hydrogen (secondary N) is 1. The van der Waals surface area contributed by atoms with Crippen LogP contribution in [0.2, 0.25) is 5.02 Å². The number of anilines is 1. The van der Waals surface area contributed by atoms with Gasteiger partial charge in [0.2, 0.25) is 0 Å². The first kappa shape index (κ1) is 14.5. The molecule has 1 aliphatic rings. The smallest absolute Gasteiger partial charge is 0.183 e. The van der Waals surface area contributed by atoms with Gasteiger partial charge in [-0.15, -0.1) is 11.3 Å². The molecule has 1 heterocycles. The quantitative estimate of drug-likeness (QED) is 0.713. The number of aromatic nitrogens is 1. The first-order valence-corrected chi connectivity index (χ1v) is 8.69. The molecule has 4 rings (SSSR count). The molecule has 0 saturated heterocycles. The molecule has 1 aliphatic carbocycles. The van der Waals surface area contributed by atoms with Gasteiger partial charge in [-0.05, 0) is 36.6 Å². The lowest BCUT2D eigenvalue weighted by atomic mass is 9.94. The number of benzene rings is 2. The summed E-state index contributed by atoms with van der Waals surface area (Å²) in [6.45, 7) is 0.500. The lowest BCUT2D eigenvalue weighted by molar-refractivity contribution is 0.469. The fourth-order valence-electron chi connectivity index (χ4n) is 2.89. The standard InChI is InChI=1S/C18H15ClN2OS/c19-13-6-7-15(22)12(9-13)10-20-18-21-17-14-4-2-1-3-11(14)5-8-16(17)23-18/h1-4,6-7,9,22H,5,8,10H2,(H,20,21). The van der Waals surface area contributed by atoms with Crippen LogP contribution in [0, 0.1) is 0 Å². The highest BCUT2D eigenvalue weighted by molar-refractivity contribution is 7.16. The summed E-state index contributed by atoms with van der Waals surface area (Å²) in [5.74, 6) is 0.244. The van der Waals surface area contributed by atoms with E-state index < -0.39 is 0 Å². The van der Waals surface area contributed by atoms with Gasteiger partial charge in [-0.25, -0.2) is 4.98 Å². The molecule has 0 atom stereocenters. The molecule has 3 aromatic rings. The summed E-state index contributed by atoms with van der Waals surface area (Å²) in [6.07, 6.45) is 2.11. The van der Waals surface area contributed by atoms with Gasteiger partial charge in [-0.1, -0.05) is 35.9 Å². The third-order valence-corrected chi connectivity index (χ3v) is 5.37. The van der Waals surface area contributed by atoms with Crippen molar-refractivity contribution in [2.45, 2.75) is 19.4 Å². The van der Waals surface area contributed by atoms with Gasteiger partial charge in [0.15, 0.2) is 5.13 Å².